The van der Waals surface area contributed by atoms with Gasteiger partial charge in [0.25, 0.3) is 0 Å². The Bertz CT molecular complexity index is 490. The number of nitrogens with zero attached hydrogens (tertiary/aromatic N) is 3. The summed E-state index contributed by atoms with van der Waals surface area (Å²) in [5.41, 5.74) is 0.454. The van der Waals surface area contributed by atoms with E-state index in [0.29, 0.717) is 11.3 Å². The zero-order valence-corrected chi connectivity index (χ0v) is 14.4. The number of rotatable bonds is 6. The first kappa shape index (κ1) is 15.1. The van der Waals surface area contributed by atoms with Crippen molar-refractivity contribution in [2.24, 2.45) is 17.3 Å². The molecule has 0 unspecified atom stereocenters. The summed E-state index contributed by atoms with van der Waals surface area (Å²) in [6.45, 7) is 7.86. The van der Waals surface area contributed by atoms with E-state index in [9.17, 15) is 0 Å². The van der Waals surface area contributed by atoms with Crippen molar-refractivity contribution < 1.29 is 4.74 Å². The van der Waals surface area contributed by atoms with E-state index in [2.05, 4.69) is 27.2 Å². The summed E-state index contributed by atoms with van der Waals surface area (Å²) in [4.78, 5) is 9.56. The van der Waals surface area contributed by atoms with E-state index in [-0.39, 0.29) is 0 Å². The van der Waals surface area contributed by atoms with Crippen LogP contribution in [0.3, 0.4) is 0 Å². The molecule has 3 heterocycles. The van der Waals surface area contributed by atoms with Gasteiger partial charge in [-0.25, -0.2) is 4.98 Å². The van der Waals surface area contributed by atoms with Crippen molar-refractivity contribution in [2.75, 3.05) is 46.4 Å². The number of aromatic nitrogens is 1. The van der Waals surface area contributed by atoms with Gasteiger partial charge < -0.3 is 9.64 Å². The molecule has 1 aromatic rings. The van der Waals surface area contributed by atoms with E-state index in [1.807, 2.05) is 6.20 Å². The fourth-order valence-corrected chi connectivity index (χ4v) is 4.95. The summed E-state index contributed by atoms with van der Waals surface area (Å²) in [6.07, 6.45) is 6.01. The van der Waals surface area contributed by atoms with Crippen LogP contribution in [0.2, 0.25) is 0 Å². The van der Waals surface area contributed by atoms with Crippen molar-refractivity contribution in [3.8, 4) is 0 Å². The van der Waals surface area contributed by atoms with Gasteiger partial charge in [-0.1, -0.05) is 0 Å². The van der Waals surface area contributed by atoms with Crippen molar-refractivity contribution >= 4 is 11.3 Å². The standard InChI is InChI=1S/C17H27N3OS/c1-19-8-15(11-21-10-14-2-3-14)17(12-19)4-6-20(13-17)9-16-18-5-7-22-16/h5,7,14-15H,2-4,6,8-13H2,1H3/t15-,17+/m1/s1. The second-order valence-corrected chi connectivity index (χ2v) is 8.60. The second kappa shape index (κ2) is 6.19. The van der Waals surface area contributed by atoms with Crippen LogP contribution in [-0.4, -0.2) is 61.2 Å². The van der Waals surface area contributed by atoms with E-state index in [0.717, 1.165) is 25.7 Å². The molecule has 0 amide bonds. The number of thiazole rings is 1. The lowest BCUT2D eigenvalue weighted by Crippen LogP contribution is -2.36. The van der Waals surface area contributed by atoms with Crippen molar-refractivity contribution in [1.29, 1.82) is 0 Å². The van der Waals surface area contributed by atoms with E-state index < -0.39 is 0 Å². The van der Waals surface area contributed by atoms with E-state index in [4.69, 9.17) is 4.74 Å². The van der Waals surface area contributed by atoms with Gasteiger partial charge in [-0.05, 0) is 38.8 Å². The molecule has 1 aliphatic carbocycles. The van der Waals surface area contributed by atoms with Gasteiger partial charge in [-0.2, -0.15) is 0 Å². The van der Waals surface area contributed by atoms with Gasteiger partial charge in [0.05, 0.1) is 13.2 Å². The molecule has 22 heavy (non-hydrogen) atoms. The first-order valence-electron chi connectivity index (χ1n) is 8.60. The van der Waals surface area contributed by atoms with Crippen LogP contribution in [0.4, 0.5) is 0 Å². The first-order valence-corrected chi connectivity index (χ1v) is 9.48. The molecule has 4 rings (SSSR count). The molecule has 3 fully saturated rings. The average Bonchev–Trinajstić information content (AvgIpc) is 2.90. The van der Waals surface area contributed by atoms with E-state index >= 15 is 0 Å². The van der Waals surface area contributed by atoms with Gasteiger partial charge in [-0.15, -0.1) is 11.3 Å². The summed E-state index contributed by atoms with van der Waals surface area (Å²) in [6, 6.07) is 0. The third kappa shape index (κ3) is 3.23. The Hall–Kier alpha value is -0.490. The minimum absolute atomic E-state index is 0.454. The summed E-state index contributed by atoms with van der Waals surface area (Å²) >= 11 is 1.78. The monoisotopic (exact) mass is 321 g/mol. The third-order valence-electron chi connectivity index (χ3n) is 5.66. The van der Waals surface area contributed by atoms with Gasteiger partial charge in [0.2, 0.25) is 0 Å². The third-order valence-corrected chi connectivity index (χ3v) is 6.42. The molecule has 1 aromatic heterocycles. The molecule has 1 spiro atoms. The molecule has 2 atom stereocenters. The predicted molar refractivity (Wildman–Crippen MR) is 89.0 cm³/mol. The fraction of sp³-hybridized carbons (Fsp3) is 0.824. The Labute approximate surface area is 137 Å². The van der Waals surface area contributed by atoms with Gasteiger partial charge >= 0.3 is 0 Å². The highest BCUT2D eigenvalue weighted by Crippen LogP contribution is 2.44. The Morgan fingerprint density at radius 1 is 1.36 bits per heavy atom. The highest BCUT2D eigenvalue weighted by molar-refractivity contribution is 7.09. The van der Waals surface area contributed by atoms with E-state index in [1.165, 1.54) is 50.4 Å². The summed E-state index contributed by atoms with van der Waals surface area (Å²) < 4.78 is 6.06. The molecule has 2 saturated heterocycles. The van der Waals surface area contributed by atoms with Crippen LogP contribution in [-0.2, 0) is 11.3 Å². The van der Waals surface area contributed by atoms with Crippen LogP contribution >= 0.6 is 11.3 Å². The maximum absolute atomic E-state index is 6.06. The van der Waals surface area contributed by atoms with Gasteiger partial charge in [0.15, 0.2) is 0 Å². The molecular weight excluding hydrogens is 294 g/mol. The maximum atomic E-state index is 6.06. The number of ether oxygens (including phenoxy) is 1. The number of hydrogen-bond acceptors (Lipinski definition) is 5. The van der Waals surface area contributed by atoms with Crippen LogP contribution in [0.15, 0.2) is 11.6 Å². The van der Waals surface area contributed by atoms with Crippen molar-refractivity contribution in [2.45, 2.75) is 25.8 Å². The SMILES string of the molecule is CN1C[C@H](COCC2CC2)[C@@]2(CCN(Cc3nccs3)C2)C1. The highest BCUT2D eigenvalue weighted by atomic mass is 32.1. The molecule has 1 saturated carbocycles. The minimum atomic E-state index is 0.454. The van der Waals surface area contributed by atoms with Gasteiger partial charge in [0.1, 0.15) is 5.01 Å². The average molecular weight is 321 g/mol. The Balaban J connectivity index is 1.35. The lowest BCUT2D eigenvalue weighted by molar-refractivity contribution is 0.0556. The van der Waals surface area contributed by atoms with Crippen LogP contribution < -0.4 is 0 Å². The topological polar surface area (TPSA) is 28.6 Å². The molecule has 4 nitrogen and oxygen atoms in total. The van der Waals surface area contributed by atoms with Crippen molar-refractivity contribution in [3.63, 3.8) is 0 Å². The number of likely N-dealkylation sites (tertiary alicyclic amines) is 2. The zero-order chi connectivity index (χ0) is 15.0. The Morgan fingerprint density at radius 3 is 3.05 bits per heavy atom. The van der Waals surface area contributed by atoms with Gasteiger partial charge in [0, 0.05) is 49.2 Å². The maximum Gasteiger partial charge on any atom is 0.107 e. The number of hydrogen-bond donors (Lipinski definition) is 0. The second-order valence-electron chi connectivity index (χ2n) is 7.62. The highest BCUT2D eigenvalue weighted by Gasteiger charge is 2.49. The lowest BCUT2D eigenvalue weighted by atomic mass is 9.77. The van der Waals surface area contributed by atoms with Crippen molar-refractivity contribution in [1.82, 2.24) is 14.8 Å². The summed E-state index contributed by atoms with van der Waals surface area (Å²) in [5.74, 6) is 1.58. The molecule has 0 bridgehead atoms. The molecular formula is C17H27N3OS. The first-order chi connectivity index (χ1) is 10.7. The normalized spacial score (nSPS) is 33.2. The quantitative estimate of drug-likeness (QED) is 0.804. The predicted octanol–water partition coefficient (Wildman–Crippen LogP) is 2.32. The van der Waals surface area contributed by atoms with Gasteiger partial charge in [-0.3, -0.25) is 4.90 Å². The van der Waals surface area contributed by atoms with Crippen LogP contribution in [0.5, 0.6) is 0 Å². The van der Waals surface area contributed by atoms with Crippen LogP contribution in [0, 0.1) is 17.3 Å². The smallest absolute Gasteiger partial charge is 0.107 e. The summed E-state index contributed by atoms with van der Waals surface area (Å²) in [5, 5.41) is 3.34. The molecule has 2 aliphatic heterocycles. The van der Waals surface area contributed by atoms with E-state index in [1.54, 1.807) is 11.3 Å². The zero-order valence-electron chi connectivity index (χ0n) is 13.5. The molecule has 0 radical (unpaired) electrons. The molecule has 122 valence electrons. The largest absolute Gasteiger partial charge is 0.381 e. The van der Waals surface area contributed by atoms with Crippen LogP contribution in [0.1, 0.15) is 24.3 Å². The Morgan fingerprint density at radius 2 is 2.27 bits per heavy atom. The fourth-order valence-electron chi connectivity index (χ4n) is 4.30. The molecule has 0 N–H and O–H groups in total. The molecule has 0 aromatic carbocycles. The minimum Gasteiger partial charge on any atom is -0.381 e. The lowest BCUT2D eigenvalue weighted by Gasteiger charge is -2.30. The van der Waals surface area contributed by atoms with Crippen molar-refractivity contribution in [3.05, 3.63) is 16.6 Å². The molecule has 5 heteroatoms. The summed E-state index contributed by atoms with van der Waals surface area (Å²) in [7, 11) is 2.27. The Kier molecular flexibility index (Phi) is 4.24. The van der Waals surface area contributed by atoms with Crippen LogP contribution in [0.25, 0.3) is 0 Å². The molecule has 3 aliphatic rings.